The van der Waals surface area contributed by atoms with Crippen molar-refractivity contribution in [2.24, 2.45) is 0 Å². The van der Waals surface area contributed by atoms with Crippen molar-refractivity contribution in [1.82, 2.24) is 5.32 Å². The Morgan fingerprint density at radius 2 is 2.06 bits per heavy atom. The summed E-state index contributed by atoms with van der Waals surface area (Å²) in [6, 6.07) is 7.94. The van der Waals surface area contributed by atoms with Gasteiger partial charge in [-0.2, -0.15) is 0 Å². The van der Waals surface area contributed by atoms with Gasteiger partial charge in [0.2, 0.25) is 0 Å². The van der Waals surface area contributed by atoms with Crippen molar-refractivity contribution in [3.05, 3.63) is 29.8 Å². The first-order valence-electron chi connectivity index (χ1n) is 5.78. The van der Waals surface area contributed by atoms with Crippen LogP contribution in [0.2, 0.25) is 0 Å². The summed E-state index contributed by atoms with van der Waals surface area (Å²) in [4.78, 5) is 0. The summed E-state index contributed by atoms with van der Waals surface area (Å²) in [6.07, 6.45) is 2.36. The van der Waals surface area contributed by atoms with Crippen LogP contribution in [0.5, 0.6) is 5.75 Å². The molecule has 1 fully saturated rings. The van der Waals surface area contributed by atoms with Gasteiger partial charge in [-0.3, -0.25) is 0 Å². The Labute approximate surface area is 109 Å². The fraction of sp³-hybridized carbons (Fsp3) is 0.538. The Kier molecular flexibility index (Phi) is 5.25. The van der Waals surface area contributed by atoms with Gasteiger partial charge < -0.3 is 15.2 Å². The first kappa shape index (κ1) is 14.3. The summed E-state index contributed by atoms with van der Waals surface area (Å²) in [7, 11) is 1.67. The molecule has 0 unspecified atom stereocenters. The van der Waals surface area contributed by atoms with Crippen molar-refractivity contribution in [2.75, 3.05) is 20.2 Å². The van der Waals surface area contributed by atoms with Crippen LogP contribution in [0.1, 0.15) is 18.4 Å². The van der Waals surface area contributed by atoms with Crippen molar-refractivity contribution < 1.29 is 9.84 Å². The lowest BCUT2D eigenvalue weighted by molar-refractivity contribution is 0.0108. The molecular formula is C13H20ClNO2. The Hall–Kier alpha value is -0.770. The molecule has 4 heteroatoms. The highest BCUT2D eigenvalue weighted by Gasteiger charge is 2.29. The number of piperidine rings is 1. The topological polar surface area (TPSA) is 41.5 Å². The van der Waals surface area contributed by atoms with Crippen LogP contribution in [0.3, 0.4) is 0 Å². The van der Waals surface area contributed by atoms with E-state index in [1.54, 1.807) is 7.11 Å². The number of nitrogens with one attached hydrogen (secondary N) is 1. The number of hydrogen-bond acceptors (Lipinski definition) is 3. The van der Waals surface area contributed by atoms with Gasteiger partial charge in [0.15, 0.2) is 0 Å². The molecule has 17 heavy (non-hydrogen) atoms. The minimum absolute atomic E-state index is 0. The van der Waals surface area contributed by atoms with Gasteiger partial charge in [0.05, 0.1) is 12.7 Å². The monoisotopic (exact) mass is 257 g/mol. The third-order valence-electron chi connectivity index (χ3n) is 3.20. The number of rotatable bonds is 3. The highest BCUT2D eigenvalue weighted by Crippen LogP contribution is 2.24. The van der Waals surface area contributed by atoms with Crippen molar-refractivity contribution in [2.45, 2.75) is 24.9 Å². The summed E-state index contributed by atoms with van der Waals surface area (Å²) >= 11 is 0. The van der Waals surface area contributed by atoms with Gasteiger partial charge in [-0.1, -0.05) is 12.1 Å². The van der Waals surface area contributed by atoms with Gasteiger partial charge >= 0.3 is 0 Å². The van der Waals surface area contributed by atoms with Crippen LogP contribution in [0.25, 0.3) is 0 Å². The molecule has 0 aromatic heterocycles. The maximum atomic E-state index is 10.4. The number of aliphatic hydroxyl groups is 1. The van der Waals surface area contributed by atoms with E-state index >= 15 is 0 Å². The summed E-state index contributed by atoms with van der Waals surface area (Å²) in [5.41, 5.74) is 0.598. The Morgan fingerprint density at radius 3 is 2.71 bits per heavy atom. The van der Waals surface area contributed by atoms with E-state index in [1.165, 1.54) is 0 Å². The average molecular weight is 258 g/mol. The van der Waals surface area contributed by atoms with E-state index in [0.29, 0.717) is 6.42 Å². The van der Waals surface area contributed by atoms with E-state index in [9.17, 15) is 5.11 Å². The second-order valence-electron chi connectivity index (χ2n) is 4.50. The molecule has 0 amide bonds. The van der Waals surface area contributed by atoms with Crippen LogP contribution in [-0.2, 0) is 6.42 Å². The zero-order valence-corrected chi connectivity index (χ0v) is 10.9. The Bertz CT molecular complexity index is 351. The molecule has 0 atom stereocenters. The van der Waals surface area contributed by atoms with Gasteiger partial charge in [-0.15, -0.1) is 12.4 Å². The van der Waals surface area contributed by atoms with Gasteiger partial charge in [0.25, 0.3) is 0 Å². The number of halogens is 1. The molecule has 96 valence electrons. The minimum Gasteiger partial charge on any atom is -0.497 e. The quantitative estimate of drug-likeness (QED) is 0.867. The van der Waals surface area contributed by atoms with Crippen molar-refractivity contribution >= 4 is 12.4 Å². The molecule has 1 heterocycles. The first-order chi connectivity index (χ1) is 7.72. The second kappa shape index (κ2) is 6.24. The lowest BCUT2D eigenvalue weighted by atomic mass is 9.86. The van der Waals surface area contributed by atoms with E-state index in [0.717, 1.165) is 37.2 Å². The molecule has 1 aromatic carbocycles. The average Bonchev–Trinajstić information content (AvgIpc) is 2.29. The van der Waals surface area contributed by atoms with Crippen LogP contribution >= 0.6 is 12.4 Å². The fourth-order valence-electron chi connectivity index (χ4n) is 2.23. The van der Waals surface area contributed by atoms with Crippen LogP contribution in [-0.4, -0.2) is 30.9 Å². The van der Waals surface area contributed by atoms with Crippen LogP contribution < -0.4 is 10.1 Å². The van der Waals surface area contributed by atoms with E-state index in [2.05, 4.69) is 5.32 Å². The summed E-state index contributed by atoms with van der Waals surface area (Å²) < 4.78 is 5.18. The summed E-state index contributed by atoms with van der Waals surface area (Å²) in [5, 5.41) is 13.7. The third kappa shape index (κ3) is 3.87. The standard InChI is InChI=1S/C13H19NO2.ClH/c1-16-12-4-2-3-11(9-12)10-13(15)5-7-14-8-6-13;/h2-4,9,14-15H,5-8,10H2,1H3;1H. The summed E-state index contributed by atoms with van der Waals surface area (Å²) in [6.45, 7) is 1.81. The van der Waals surface area contributed by atoms with Crippen molar-refractivity contribution in [3.63, 3.8) is 0 Å². The van der Waals surface area contributed by atoms with Crippen LogP contribution in [0.15, 0.2) is 24.3 Å². The zero-order valence-electron chi connectivity index (χ0n) is 10.1. The van der Waals surface area contributed by atoms with Crippen molar-refractivity contribution in [3.8, 4) is 5.75 Å². The normalized spacial score (nSPS) is 18.2. The smallest absolute Gasteiger partial charge is 0.119 e. The lowest BCUT2D eigenvalue weighted by Crippen LogP contribution is -2.43. The molecular weight excluding hydrogens is 238 g/mol. The molecule has 0 aliphatic carbocycles. The van der Waals surface area contributed by atoms with Gasteiger partial charge in [-0.25, -0.2) is 0 Å². The van der Waals surface area contributed by atoms with E-state index in [4.69, 9.17) is 4.74 Å². The van der Waals surface area contributed by atoms with Crippen molar-refractivity contribution in [1.29, 1.82) is 0 Å². The minimum atomic E-state index is -0.544. The fourth-order valence-corrected chi connectivity index (χ4v) is 2.23. The molecule has 0 spiro atoms. The van der Waals surface area contributed by atoms with Gasteiger partial charge in [-0.05, 0) is 43.6 Å². The maximum absolute atomic E-state index is 10.4. The first-order valence-corrected chi connectivity index (χ1v) is 5.78. The number of hydrogen-bond donors (Lipinski definition) is 2. The molecule has 1 saturated heterocycles. The number of methoxy groups -OCH3 is 1. The predicted molar refractivity (Wildman–Crippen MR) is 71.0 cm³/mol. The van der Waals surface area contributed by atoms with E-state index in [1.807, 2.05) is 24.3 Å². The number of benzene rings is 1. The Balaban J connectivity index is 0.00000144. The largest absolute Gasteiger partial charge is 0.497 e. The van der Waals surface area contributed by atoms with E-state index < -0.39 is 5.60 Å². The second-order valence-corrected chi connectivity index (χ2v) is 4.50. The van der Waals surface area contributed by atoms with Gasteiger partial charge in [0, 0.05) is 6.42 Å². The molecule has 0 radical (unpaired) electrons. The summed E-state index contributed by atoms with van der Waals surface area (Å²) in [5.74, 6) is 0.857. The van der Waals surface area contributed by atoms with Gasteiger partial charge in [0.1, 0.15) is 5.75 Å². The molecule has 0 saturated carbocycles. The van der Waals surface area contributed by atoms with Crippen LogP contribution in [0, 0.1) is 0 Å². The lowest BCUT2D eigenvalue weighted by Gasteiger charge is -2.32. The molecule has 2 N–H and O–H groups in total. The molecule has 1 aliphatic rings. The SMILES string of the molecule is COc1cccc(CC2(O)CCNCC2)c1.Cl. The molecule has 0 bridgehead atoms. The molecule has 2 rings (SSSR count). The predicted octanol–water partition coefficient (Wildman–Crippen LogP) is 1.77. The molecule has 1 aliphatic heterocycles. The highest BCUT2D eigenvalue weighted by molar-refractivity contribution is 5.85. The number of ether oxygens (including phenoxy) is 1. The third-order valence-corrected chi connectivity index (χ3v) is 3.20. The maximum Gasteiger partial charge on any atom is 0.119 e. The highest BCUT2D eigenvalue weighted by atomic mass is 35.5. The van der Waals surface area contributed by atoms with Crippen LogP contribution in [0.4, 0.5) is 0 Å². The molecule has 3 nitrogen and oxygen atoms in total. The zero-order chi connectivity index (χ0) is 11.4. The van der Waals surface area contributed by atoms with E-state index in [-0.39, 0.29) is 12.4 Å². The molecule has 1 aromatic rings. The Morgan fingerprint density at radius 1 is 1.35 bits per heavy atom.